The maximum Gasteiger partial charge on any atom is 0.267 e. The highest BCUT2D eigenvalue weighted by Crippen LogP contribution is 2.29. The minimum absolute atomic E-state index is 0.0540. The number of likely N-dealkylation sites (tertiary alicyclic amines) is 1. The Kier molecular flexibility index (Phi) is 4.66. The van der Waals surface area contributed by atoms with Gasteiger partial charge in [0.1, 0.15) is 5.69 Å². The van der Waals surface area contributed by atoms with Crippen LogP contribution in [0.25, 0.3) is 11.6 Å². The fourth-order valence-electron chi connectivity index (χ4n) is 3.22. The van der Waals surface area contributed by atoms with E-state index in [2.05, 4.69) is 25.1 Å². The van der Waals surface area contributed by atoms with Gasteiger partial charge in [0.05, 0.1) is 12.1 Å². The summed E-state index contributed by atoms with van der Waals surface area (Å²) in [5.74, 6) is -0.673. The van der Waals surface area contributed by atoms with Crippen molar-refractivity contribution < 1.29 is 13.2 Å². The van der Waals surface area contributed by atoms with Gasteiger partial charge in [-0.2, -0.15) is 0 Å². The first-order valence-electron chi connectivity index (χ1n) is 8.46. The smallest absolute Gasteiger partial charge is 0.267 e. The summed E-state index contributed by atoms with van der Waals surface area (Å²) >= 11 is 0. The molecule has 1 aliphatic heterocycles. The molecule has 2 aromatic heterocycles. The molecule has 0 amide bonds. The van der Waals surface area contributed by atoms with E-state index in [4.69, 9.17) is 4.42 Å². The number of aromatic nitrogens is 4. The van der Waals surface area contributed by atoms with E-state index < -0.39 is 11.6 Å². The molecule has 3 aromatic rings. The molecule has 1 fully saturated rings. The zero-order valence-corrected chi connectivity index (χ0v) is 14.0. The summed E-state index contributed by atoms with van der Waals surface area (Å²) in [7, 11) is 0. The van der Waals surface area contributed by atoms with Crippen LogP contribution in [0, 0.1) is 11.6 Å². The van der Waals surface area contributed by atoms with Crippen molar-refractivity contribution in [2.24, 2.45) is 0 Å². The Morgan fingerprint density at radius 3 is 2.96 bits per heavy atom. The predicted molar refractivity (Wildman–Crippen MR) is 88.9 cm³/mol. The van der Waals surface area contributed by atoms with Crippen molar-refractivity contribution in [3.05, 3.63) is 59.9 Å². The van der Waals surface area contributed by atoms with Gasteiger partial charge in [-0.15, -0.1) is 10.2 Å². The Morgan fingerprint density at radius 2 is 2.12 bits per heavy atom. The van der Waals surface area contributed by atoms with Gasteiger partial charge >= 0.3 is 0 Å². The van der Waals surface area contributed by atoms with Crippen molar-refractivity contribution in [3.63, 3.8) is 0 Å². The first-order chi connectivity index (χ1) is 12.7. The summed E-state index contributed by atoms with van der Waals surface area (Å²) in [5.41, 5.74) is 0.886. The average Bonchev–Trinajstić information content (AvgIpc) is 3.17. The Morgan fingerprint density at radius 1 is 1.19 bits per heavy atom. The van der Waals surface area contributed by atoms with Crippen LogP contribution in [0.2, 0.25) is 0 Å². The lowest BCUT2D eigenvalue weighted by Crippen LogP contribution is -2.34. The number of hydrogen-bond acceptors (Lipinski definition) is 6. The number of halogens is 2. The number of benzene rings is 1. The molecule has 0 spiro atoms. The zero-order valence-electron chi connectivity index (χ0n) is 14.0. The largest absolute Gasteiger partial charge is 0.419 e. The standard InChI is InChI=1S/C18H17F2N5O/c19-14-5-1-3-12(16(14)20)10-25-8-2-4-13(11-25)17-23-24-18(26-17)15-9-21-6-7-22-15/h1,3,5-7,9,13H,2,4,8,10-11H2/t13-/m0/s1. The normalized spacial score (nSPS) is 18.2. The van der Waals surface area contributed by atoms with E-state index in [1.807, 2.05) is 0 Å². The number of rotatable bonds is 4. The maximum atomic E-state index is 13.9. The second-order valence-electron chi connectivity index (χ2n) is 6.32. The molecule has 1 aromatic carbocycles. The highest BCUT2D eigenvalue weighted by atomic mass is 19.2. The first kappa shape index (κ1) is 16.7. The number of nitrogens with zero attached hydrogens (tertiary/aromatic N) is 5. The number of piperidine rings is 1. The predicted octanol–water partition coefficient (Wildman–Crippen LogP) is 3.18. The van der Waals surface area contributed by atoms with Gasteiger partial charge in [0.25, 0.3) is 5.89 Å². The Hall–Kier alpha value is -2.74. The molecule has 3 heterocycles. The van der Waals surface area contributed by atoms with Gasteiger partial charge in [0.15, 0.2) is 11.6 Å². The van der Waals surface area contributed by atoms with E-state index in [1.54, 1.807) is 24.7 Å². The van der Waals surface area contributed by atoms with Gasteiger partial charge in [-0.1, -0.05) is 12.1 Å². The molecule has 0 saturated carbocycles. The lowest BCUT2D eigenvalue weighted by molar-refractivity contribution is 0.184. The van der Waals surface area contributed by atoms with Crippen LogP contribution < -0.4 is 0 Å². The van der Waals surface area contributed by atoms with Crippen LogP contribution in [0.5, 0.6) is 0 Å². The highest BCUT2D eigenvalue weighted by Gasteiger charge is 2.27. The van der Waals surface area contributed by atoms with Gasteiger partial charge in [-0.3, -0.25) is 9.88 Å². The van der Waals surface area contributed by atoms with Gasteiger partial charge in [0.2, 0.25) is 5.89 Å². The van der Waals surface area contributed by atoms with Crippen molar-refractivity contribution in [2.45, 2.75) is 25.3 Å². The lowest BCUT2D eigenvalue weighted by atomic mass is 9.97. The second-order valence-corrected chi connectivity index (χ2v) is 6.32. The van der Waals surface area contributed by atoms with Crippen LogP contribution in [-0.4, -0.2) is 38.2 Å². The molecule has 134 valence electrons. The van der Waals surface area contributed by atoms with Gasteiger partial charge in [-0.25, -0.2) is 13.8 Å². The van der Waals surface area contributed by atoms with Crippen molar-refractivity contribution in [1.82, 2.24) is 25.1 Å². The molecule has 0 N–H and O–H groups in total. The molecular weight excluding hydrogens is 340 g/mol. The summed E-state index contributed by atoms with van der Waals surface area (Å²) in [6, 6.07) is 4.27. The fourth-order valence-corrected chi connectivity index (χ4v) is 3.22. The van der Waals surface area contributed by atoms with E-state index in [0.717, 1.165) is 25.5 Å². The summed E-state index contributed by atoms with van der Waals surface area (Å²) in [6.45, 7) is 1.82. The van der Waals surface area contributed by atoms with Crippen LogP contribution in [0.3, 0.4) is 0 Å². The molecule has 0 aliphatic carbocycles. The Labute approximate surface area is 148 Å². The van der Waals surface area contributed by atoms with Gasteiger partial charge in [0, 0.05) is 31.0 Å². The molecule has 4 rings (SSSR count). The molecular formula is C18H17F2N5O. The molecule has 0 radical (unpaired) electrons. The molecule has 26 heavy (non-hydrogen) atoms. The molecule has 1 aliphatic rings. The summed E-state index contributed by atoms with van der Waals surface area (Å²) in [5, 5.41) is 8.19. The van der Waals surface area contributed by atoms with E-state index >= 15 is 0 Å². The first-order valence-corrected chi connectivity index (χ1v) is 8.46. The quantitative estimate of drug-likeness (QED) is 0.714. The van der Waals surface area contributed by atoms with E-state index in [1.165, 1.54) is 6.07 Å². The Balaban J connectivity index is 1.47. The third-order valence-corrected chi connectivity index (χ3v) is 4.50. The molecule has 1 atom stereocenters. The molecule has 1 saturated heterocycles. The third-order valence-electron chi connectivity index (χ3n) is 4.50. The summed E-state index contributed by atoms with van der Waals surface area (Å²) in [4.78, 5) is 10.2. The van der Waals surface area contributed by atoms with Crippen LogP contribution in [0.1, 0.15) is 30.2 Å². The lowest BCUT2D eigenvalue weighted by Gasteiger charge is -2.31. The Bertz CT molecular complexity index is 886. The van der Waals surface area contributed by atoms with Crippen LogP contribution in [0.4, 0.5) is 8.78 Å². The van der Waals surface area contributed by atoms with Crippen LogP contribution in [-0.2, 0) is 6.54 Å². The van der Waals surface area contributed by atoms with Crippen LogP contribution in [0.15, 0.2) is 41.2 Å². The minimum Gasteiger partial charge on any atom is -0.419 e. The number of hydrogen-bond donors (Lipinski definition) is 0. The van der Waals surface area contributed by atoms with Crippen molar-refractivity contribution in [2.75, 3.05) is 13.1 Å². The topological polar surface area (TPSA) is 67.9 Å². The third kappa shape index (κ3) is 3.45. The van der Waals surface area contributed by atoms with Gasteiger partial charge < -0.3 is 4.42 Å². The molecule has 0 unspecified atom stereocenters. The summed E-state index contributed by atoms with van der Waals surface area (Å²) in [6.07, 6.45) is 6.53. The molecule has 8 heteroatoms. The van der Waals surface area contributed by atoms with Crippen molar-refractivity contribution >= 4 is 0 Å². The highest BCUT2D eigenvalue weighted by molar-refractivity contribution is 5.43. The molecule has 0 bridgehead atoms. The summed E-state index contributed by atoms with van der Waals surface area (Å²) < 4.78 is 33.1. The SMILES string of the molecule is Fc1cccc(CN2CCC[C@H](c3nnc(-c4cnccn4)o3)C2)c1F. The maximum absolute atomic E-state index is 13.9. The second kappa shape index (κ2) is 7.25. The molecule has 6 nitrogen and oxygen atoms in total. The monoisotopic (exact) mass is 357 g/mol. The van der Waals surface area contributed by atoms with E-state index in [-0.39, 0.29) is 5.92 Å². The van der Waals surface area contributed by atoms with Crippen molar-refractivity contribution in [3.8, 4) is 11.6 Å². The average molecular weight is 357 g/mol. The van der Waals surface area contributed by atoms with E-state index in [0.29, 0.717) is 36.1 Å². The minimum atomic E-state index is -0.818. The van der Waals surface area contributed by atoms with Crippen molar-refractivity contribution in [1.29, 1.82) is 0 Å². The van der Waals surface area contributed by atoms with E-state index in [9.17, 15) is 8.78 Å². The fraction of sp³-hybridized carbons (Fsp3) is 0.333. The van der Waals surface area contributed by atoms with Crippen LogP contribution >= 0.6 is 0 Å². The zero-order chi connectivity index (χ0) is 17.9. The van der Waals surface area contributed by atoms with Gasteiger partial charge in [-0.05, 0) is 25.5 Å².